The number of hydrogen-bond donors (Lipinski definition) is 3. The van der Waals surface area contributed by atoms with Crippen molar-refractivity contribution in [1.82, 2.24) is 5.32 Å². The van der Waals surface area contributed by atoms with Gasteiger partial charge in [0.25, 0.3) is 0 Å². The summed E-state index contributed by atoms with van der Waals surface area (Å²) in [5, 5.41) is 15.9. The third-order valence-electron chi connectivity index (χ3n) is 3.69. The average Bonchev–Trinajstić information content (AvgIpc) is 2.44. The van der Waals surface area contributed by atoms with Crippen LogP contribution >= 0.6 is 23.2 Å². The first-order valence-electron chi connectivity index (χ1n) is 7.16. The van der Waals surface area contributed by atoms with Gasteiger partial charge in [0.2, 0.25) is 0 Å². The van der Waals surface area contributed by atoms with E-state index in [2.05, 4.69) is 10.6 Å². The number of carbonyl (C=O) groups is 2. The molecule has 0 aromatic heterocycles. The SMILES string of the molecule is O=C(NCC1(O)CCCCC1)C(=O)Nc1cc(Cl)cc(Cl)c1. The van der Waals surface area contributed by atoms with Gasteiger partial charge in [-0.25, -0.2) is 0 Å². The number of rotatable bonds is 3. The van der Waals surface area contributed by atoms with Crippen molar-refractivity contribution < 1.29 is 14.7 Å². The normalized spacial score (nSPS) is 16.9. The van der Waals surface area contributed by atoms with Crippen molar-refractivity contribution in [3.63, 3.8) is 0 Å². The van der Waals surface area contributed by atoms with E-state index in [4.69, 9.17) is 23.2 Å². The maximum Gasteiger partial charge on any atom is 0.313 e. The molecule has 1 fully saturated rings. The molecule has 1 aromatic carbocycles. The quantitative estimate of drug-likeness (QED) is 0.737. The summed E-state index contributed by atoms with van der Waals surface area (Å²) < 4.78 is 0. The van der Waals surface area contributed by atoms with Gasteiger partial charge in [-0.05, 0) is 31.0 Å². The van der Waals surface area contributed by atoms with Gasteiger partial charge >= 0.3 is 11.8 Å². The van der Waals surface area contributed by atoms with Crippen molar-refractivity contribution >= 4 is 40.7 Å². The zero-order chi connectivity index (χ0) is 16.2. The number of benzene rings is 1. The molecule has 3 N–H and O–H groups in total. The number of carbonyl (C=O) groups excluding carboxylic acids is 2. The van der Waals surface area contributed by atoms with Gasteiger partial charge in [0, 0.05) is 22.3 Å². The first-order chi connectivity index (χ1) is 10.4. The number of aliphatic hydroxyl groups is 1. The number of halogens is 2. The second kappa shape index (κ2) is 7.31. The van der Waals surface area contributed by atoms with E-state index >= 15 is 0 Å². The Morgan fingerprint density at radius 3 is 2.23 bits per heavy atom. The Bertz CT molecular complexity index is 552. The lowest BCUT2D eigenvalue weighted by atomic mass is 9.85. The van der Waals surface area contributed by atoms with Crippen LogP contribution in [-0.4, -0.2) is 29.1 Å². The molecular weight excluding hydrogens is 327 g/mol. The molecular formula is C15H18Cl2N2O3. The molecule has 0 heterocycles. The van der Waals surface area contributed by atoms with Crippen molar-refractivity contribution in [3.05, 3.63) is 28.2 Å². The van der Waals surface area contributed by atoms with Crippen LogP contribution in [0.4, 0.5) is 5.69 Å². The van der Waals surface area contributed by atoms with Gasteiger partial charge in [-0.1, -0.05) is 42.5 Å². The minimum atomic E-state index is -0.909. The third-order valence-corrected chi connectivity index (χ3v) is 4.13. The topological polar surface area (TPSA) is 78.4 Å². The van der Waals surface area contributed by atoms with Gasteiger partial charge in [-0.2, -0.15) is 0 Å². The number of hydrogen-bond acceptors (Lipinski definition) is 3. The van der Waals surface area contributed by atoms with Crippen LogP contribution in [0.25, 0.3) is 0 Å². The molecule has 0 aliphatic heterocycles. The van der Waals surface area contributed by atoms with E-state index in [0.717, 1.165) is 19.3 Å². The van der Waals surface area contributed by atoms with Crippen molar-refractivity contribution in [2.45, 2.75) is 37.7 Å². The maximum absolute atomic E-state index is 11.8. The van der Waals surface area contributed by atoms with Gasteiger partial charge in [0.15, 0.2) is 0 Å². The van der Waals surface area contributed by atoms with E-state index in [-0.39, 0.29) is 6.54 Å². The van der Waals surface area contributed by atoms with Crippen molar-refractivity contribution in [2.75, 3.05) is 11.9 Å². The molecule has 22 heavy (non-hydrogen) atoms. The molecule has 0 radical (unpaired) electrons. The van der Waals surface area contributed by atoms with Gasteiger partial charge in [0.05, 0.1) is 5.60 Å². The highest BCUT2D eigenvalue weighted by Gasteiger charge is 2.30. The van der Waals surface area contributed by atoms with Crippen LogP contribution in [0.15, 0.2) is 18.2 Å². The summed E-state index contributed by atoms with van der Waals surface area (Å²) in [4.78, 5) is 23.6. The lowest BCUT2D eigenvalue weighted by Gasteiger charge is -2.31. The average molecular weight is 345 g/mol. The highest BCUT2D eigenvalue weighted by Crippen LogP contribution is 2.27. The molecule has 2 rings (SSSR count). The molecule has 2 amide bonds. The predicted molar refractivity (Wildman–Crippen MR) is 86.1 cm³/mol. The van der Waals surface area contributed by atoms with Crippen LogP contribution in [0.1, 0.15) is 32.1 Å². The second-order valence-corrected chi connectivity index (χ2v) is 6.45. The van der Waals surface area contributed by atoms with Crippen molar-refractivity contribution in [2.24, 2.45) is 0 Å². The molecule has 120 valence electrons. The molecule has 0 bridgehead atoms. The van der Waals surface area contributed by atoms with Crippen LogP contribution in [0.3, 0.4) is 0 Å². The van der Waals surface area contributed by atoms with E-state index in [1.165, 1.54) is 18.2 Å². The highest BCUT2D eigenvalue weighted by atomic mass is 35.5. The number of nitrogens with one attached hydrogen (secondary N) is 2. The largest absolute Gasteiger partial charge is 0.388 e. The Morgan fingerprint density at radius 2 is 1.64 bits per heavy atom. The Hall–Kier alpha value is -1.30. The van der Waals surface area contributed by atoms with E-state index in [1.54, 1.807) is 0 Å². The van der Waals surface area contributed by atoms with Crippen LogP contribution in [0.2, 0.25) is 10.0 Å². The lowest BCUT2D eigenvalue weighted by molar-refractivity contribution is -0.137. The molecule has 1 saturated carbocycles. The minimum Gasteiger partial charge on any atom is -0.388 e. The Morgan fingerprint density at radius 1 is 1.05 bits per heavy atom. The van der Waals surface area contributed by atoms with Crippen LogP contribution in [0, 0.1) is 0 Å². The van der Waals surface area contributed by atoms with Gasteiger partial charge in [0.1, 0.15) is 0 Å². The molecule has 1 aliphatic rings. The van der Waals surface area contributed by atoms with Crippen molar-refractivity contribution in [1.29, 1.82) is 0 Å². The molecule has 0 atom stereocenters. The van der Waals surface area contributed by atoms with Gasteiger partial charge in [-0.15, -0.1) is 0 Å². The zero-order valence-corrected chi connectivity index (χ0v) is 13.5. The summed E-state index contributed by atoms with van der Waals surface area (Å²) >= 11 is 11.6. The fourth-order valence-corrected chi connectivity index (χ4v) is 3.05. The van der Waals surface area contributed by atoms with Crippen LogP contribution in [0.5, 0.6) is 0 Å². The standard InChI is InChI=1S/C15H18Cl2N2O3/c16-10-6-11(17)8-12(7-10)19-14(21)13(20)18-9-15(22)4-2-1-3-5-15/h6-8,22H,1-5,9H2,(H,18,20)(H,19,21). The Kier molecular flexibility index (Phi) is 5.67. The summed E-state index contributed by atoms with van der Waals surface area (Å²) in [6.45, 7) is 0.0789. The predicted octanol–water partition coefficient (Wildman–Crippen LogP) is 2.74. The summed E-state index contributed by atoms with van der Waals surface area (Å²) in [6.07, 6.45) is 4.23. The summed E-state index contributed by atoms with van der Waals surface area (Å²) in [7, 11) is 0. The van der Waals surface area contributed by atoms with E-state index in [1.807, 2.05) is 0 Å². The highest BCUT2D eigenvalue weighted by molar-refractivity contribution is 6.40. The first kappa shape index (κ1) is 17.1. The molecule has 1 aromatic rings. The minimum absolute atomic E-state index is 0.0789. The second-order valence-electron chi connectivity index (χ2n) is 5.58. The summed E-state index contributed by atoms with van der Waals surface area (Å²) in [5.41, 5.74) is -0.567. The molecule has 7 heteroatoms. The molecule has 0 spiro atoms. The Balaban J connectivity index is 1.88. The fourth-order valence-electron chi connectivity index (χ4n) is 2.53. The maximum atomic E-state index is 11.8. The smallest absolute Gasteiger partial charge is 0.313 e. The van der Waals surface area contributed by atoms with Crippen molar-refractivity contribution in [3.8, 4) is 0 Å². The molecule has 0 unspecified atom stereocenters. The molecule has 1 aliphatic carbocycles. The Labute approximate surface area is 139 Å². The van der Waals surface area contributed by atoms with E-state index < -0.39 is 17.4 Å². The summed E-state index contributed by atoms with van der Waals surface area (Å²) in [5.74, 6) is -1.62. The van der Waals surface area contributed by atoms with Gasteiger partial charge < -0.3 is 15.7 Å². The van der Waals surface area contributed by atoms with Gasteiger partial charge in [-0.3, -0.25) is 9.59 Å². The molecule has 5 nitrogen and oxygen atoms in total. The number of anilines is 1. The fraction of sp³-hybridized carbons (Fsp3) is 0.467. The van der Waals surface area contributed by atoms with Crippen LogP contribution < -0.4 is 10.6 Å². The van der Waals surface area contributed by atoms with E-state index in [9.17, 15) is 14.7 Å². The van der Waals surface area contributed by atoms with E-state index in [0.29, 0.717) is 28.6 Å². The third kappa shape index (κ3) is 4.87. The monoisotopic (exact) mass is 344 g/mol. The molecule has 0 saturated heterocycles. The number of amides is 2. The summed E-state index contributed by atoms with van der Waals surface area (Å²) in [6, 6.07) is 4.51. The van der Waals surface area contributed by atoms with Crippen LogP contribution in [-0.2, 0) is 9.59 Å². The zero-order valence-electron chi connectivity index (χ0n) is 12.0. The first-order valence-corrected chi connectivity index (χ1v) is 7.91. The lowest BCUT2D eigenvalue weighted by Crippen LogP contribution is -2.47.